The van der Waals surface area contributed by atoms with E-state index in [1.807, 2.05) is 11.0 Å². The van der Waals surface area contributed by atoms with E-state index < -0.39 is 12.5 Å². The number of nitrogens with zero attached hydrogens (tertiary/aromatic N) is 5. The smallest absolute Gasteiger partial charge is 0.216 e. The molecule has 3 atom stereocenters. The van der Waals surface area contributed by atoms with Gasteiger partial charge < -0.3 is 19.8 Å². The first-order valence-corrected chi connectivity index (χ1v) is 11.0. The highest BCUT2D eigenvalue weighted by Gasteiger charge is 2.38. The Kier molecular flexibility index (Phi) is 7.22. The summed E-state index contributed by atoms with van der Waals surface area (Å²) in [5.41, 5.74) is 5.54. The number of rotatable bonds is 7. The zero-order chi connectivity index (χ0) is 24.4. The van der Waals surface area contributed by atoms with E-state index in [1.54, 1.807) is 25.4 Å². The van der Waals surface area contributed by atoms with Gasteiger partial charge in [-0.15, -0.1) is 0 Å². The molecule has 1 aromatic heterocycles. The van der Waals surface area contributed by atoms with Crippen molar-refractivity contribution in [2.24, 2.45) is 11.7 Å². The molecule has 10 nitrogen and oxygen atoms in total. The van der Waals surface area contributed by atoms with Gasteiger partial charge in [-0.05, 0) is 17.2 Å². The van der Waals surface area contributed by atoms with Gasteiger partial charge in [-0.25, -0.2) is 25.1 Å². The van der Waals surface area contributed by atoms with Crippen molar-refractivity contribution in [1.29, 1.82) is 0 Å². The Morgan fingerprint density at radius 3 is 2.91 bits per heavy atom. The lowest BCUT2D eigenvalue weighted by atomic mass is 9.86. The Morgan fingerprint density at radius 2 is 2.21 bits per heavy atom. The maximum absolute atomic E-state index is 15.0. The van der Waals surface area contributed by atoms with E-state index in [4.69, 9.17) is 16.4 Å². The standard InChI is InChI=1S/C23H31FN8O2/c1-4-15(10-30(3)26)18-7-17(21(29-25)8-19(18)24)14(2)20-9-22(28-13-27-20)31-5-6-32-16(11-31)12-34-23(32)33/h4,7,9-10,13,16,21,23,29,33H,1-2,5-6,8,11-12,25-26H2,3H3/b15-10+/t16?,21-,23-/m1/s1. The third kappa shape index (κ3) is 4.80. The fraction of sp³-hybridized carbons (Fsp3) is 0.391. The highest BCUT2D eigenvalue weighted by molar-refractivity contribution is 5.80. The van der Waals surface area contributed by atoms with Crippen LogP contribution in [0.5, 0.6) is 0 Å². The molecule has 1 aromatic rings. The molecule has 6 N–H and O–H groups in total. The van der Waals surface area contributed by atoms with E-state index >= 15 is 0 Å². The lowest BCUT2D eigenvalue weighted by Gasteiger charge is -2.37. The van der Waals surface area contributed by atoms with Gasteiger partial charge in [-0.2, -0.15) is 0 Å². The number of ether oxygens (including phenoxy) is 1. The average Bonchev–Trinajstić information content (AvgIpc) is 3.22. The van der Waals surface area contributed by atoms with Gasteiger partial charge in [0.2, 0.25) is 6.41 Å². The minimum absolute atomic E-state index is 0.0556. The summed E-state index contributed by atoms with van der Waals surface area (Å²) in [5.74, 6) is 11.9. The minimum Gasteiger partial charge on any atom is -0.356 e. The van der Waals surface area contributed by atoms with Crippen LogP contribution in [0.2, 0.25) is 0 Å². The van der Waals surface area contributed by atoms with Crippen LogP contribution in [-0.4, -0.2) is 76.8 Å². The number of piperazine rings is 1. The number of hydrazine groups is 2. The summed E-state index contributed by atoms with van der Waals surface area (Å²) in [5, 5.41) is 11.3. The molecule has 34 heavy (non-hydrogen) atoms. The van der Waals surface area contributed by atoms with Gasteiger partial charge >= 0.3 is 0 Å². The molecule has 11 heteroatoms. The van der Waals surface area contributed by atoms with Crippen molar-refractivity contribution in [1.82, 2.24) is 25.3 Å². The second-order valence-corrected chi connectivity index (χ2v) is 8.53. The number of halogens is 1. The second kappa shape index (κ2) is 10.1. The first kappa shape index (κ1) is 24.2. The van der Waals surface area contributed by atoms with E-state index in [2.05, 4.69) is 33.5 Å². The van der Waals surface area contributed by atoms with E-state index in [9.17, 15) is 9.50 Å². The molecule has 1 aliphatic carbocycles. The summed E-state index contributed by atoms with van der Waals surface area (Å²) < 4.78 is 20.3. The number of nitrogens with two attached hydrogens (primary N) is 2. The number of fused-ring (bicyclic) bond motifs is 1. The van der Waals surface area contributed by atoms with Gasteiger partial charge in [0.15, 0.2) is 0 Å². The summed E-state index contributed by atoms with van der Waals surface area (Å²) in [4.78, 5) is 12.9. The van der Waals surface area contributed by atoms with Crippen molar-refractivity contribution in [3.63, 3.8) is 0 Å². The van der Waals surface area contributed by atoms with Gasteiger partial charge in [0.25, 0.3) is 0 Å². The summed E-state index contributed by atoms with van der Waals surface area (Å²) in [7, 11) is 1.65. The Bertz CT molecular complexity index is 1050. The van der Waals surface area contributed by atoms with Crippen LogP contribution in [0.25, 0.3) is 5.57 Å². The number of nitrogens with one attached hydrogen (secondary N) is 1. The van der Waals surface area contributed by atoms with Crippen LogP contribution in [0.4, 0.5) is 10.2 Å². The van der Waals surface area contributed by atoms with Crippen molar-refractivity contribution in [3.8, 4) is 0 Å². The molecule has 2 fully saturated rings. The molecule has 1 unspecified atom stereocenters. The van der Waals surface area contributed by atoms with Gasteiger partial charge in [0.1, 0.15) is 18.0 Å². The number of hydrogen-bond acceptors (Lipinski definition) is 10. The molecule has 3 heterocycles. The number of aliphatic hydroxyl groups is 1. The number of aromatic nitrogens is 2. The normalized spacial score (nSPS) is 25.8. The molecule has 0 amide bonds. The summed E-state index contributed by atoms with van der Waals surface area (Å²) >= 11 is 0. The van der Waals surface area contributed by atoms with Gasteiger partial charge in [-0.1, -0.05) is 19.2 Å². The quantitative estimate of drug-likeness (QED) is 0.255. The van der Waals surface area contributed by atoms with E-state index in [0.29, 0.717) is 54.2 Å². The first-order chi connectivity index (χ1) is 16.3. The van der Waals surface area contributed by atoms with Crippen molar-refractivity contribution in [3.05, 3.63) is 72.1 Å². The predicted octanol–water partition coefficient (Wildman–Crippen LogP) is 0.548. The Labute approximate surface area is 198 Å². The van der Waals surface area contributed by atoms with Crippen LogP contribution in [-0.2, 0) is 4.74 Å². The average molecular weight is 471 g/mol. The molecule has 0 radical (unpaired) electrons. The Hall–Kier alpha value is -2.93. The van der Waals surface area contributed by atoms with Gasteiger partial charge in [0, 0.05) is 56.5 Å². The molecule has 2 aliphatic heterocycles. The molecule has 0 saturated carbocycles. The summed E-state index contributed by atoms with van der Waals surface area (Å²) in [6.45, 7) is 10.5. The van der Waals surface area contributed by atoms with Crippen LogP contribution < -0.4 is 22.0 Å². The number of hydrogen-bond donors (Lipinski definition) is 4. The molecule has 2 saturated heterocycles. The molecule has 3 aliphatic rings. The topological polar surface area (TPSA) is 129 Å². The molecule has 0 spiro atoms. The monoisotopic (exact) mass is 470 g/mol. The lowest BCUT2D eigenvalue weighted by molar-refractivity contribution is -0.136. The zero-order valence-corrected chi connectivity index (χ0v) is 19.2. The Balaban J connectivity index is 1.61. The fourth-order valence-corrected chi connectivity index (χ4v) is 4.51. The van der Waals surface area contributed by atoms with E-state index in [0.717, 1.165) is 5.82 Å². The summed E-state index contributed by atoms with van der Waals surface area (Å²) in [6.07, 6.45) is 5.56. The molecular formula is C23H31FN8O2. The van der Waals surface area contributed by atoms with Crippen LogP contribution in [0, 0.1) is 0 Å². The maximum Gasteiger partial charge on any atom is 0.216 e. The van der Waals surface area contributed by atoms with Crippen LogP contribution in [0.1, 0.15) is 12.1 Å². The van der Waals surface area contributed by atoms with Crippen molar-refractivity contribution < 1.29 is 14.2 Å². The van der Waals surface area contributed by atoms with Gasteiger partial charge in [0.05, 0.1) is 24.4 Å². The zero-order valence-electron chi connectivity index (χ0n) is 19.2. The SMILES string of the molecule is C=C/C(=C\N(C)N)C1=C(F)C[C@@H](NN)C(C(=C)c2cc(N3CCN4C(CO[C@H]4O)C3)ncn2)=C1. The van der Waals surface area contributed by atoms with Crippen LogP contribution >= 0.6 is 0 Å². The lowest BCUT2D eigenvalue weighted by Crippen LogP contribution is -2.53. The Morgan fingerprint density at radius 1 is 1.41 bits per heavy atom. The molecule has 182 valence electrons. The highest BCUT2D eigenvalue weighted by atomic mass is 19.1. The van der Waals surface area contributed by atoms with Crippen molar-refractivity contribution in [2.45, 2.75) is 24.9 Å². The maximum atomic E-state index is 15.0. The predicted molar refractivity (Wildman–Crippen MR) is 128 cm³/mol. The molecular weight excluding hydrogens is 439 g/mol. The van der Waals surface area contributed by atoms with E-state index in [-0.39, 0.29) is 18.3 Å². The van der Waals surface area contributed by atoms with E-state index in [1.165, 1.54) is 11.3 Å². The first-order valence-electron chi connectivity index (χ1n) is 11.0. The number of aliphatic hydroxyl groups excluding tert-OH is 1. The van der Waals surface area contributed by atoms with Crippen LogP contribution in [0.3, 0.4) is 0 Å². The molecule has 0 bridgehead atoms. The number of allylic oxidation sites excluding steroid dienone is 4. The largest absolute Gasteiger partial charge is 0.356 e. The highest BCUT2D eigenvalue weighted by Crippen LogP contribution is 2.36. The molecule has 4 rings (SSSR count). The van der Waals surface area contributed by atoms with Crippen molar-refractivity contribution >= 4 is 11.4 Å². The van der Waals surface area contributed by atoms with Gasteiger partial charge in [-0.3, -0.25) is 11.3 Å². The third-order valence-corrected chi connectivity index (χ3v) is 6.31. The molecule has 0 aromatic carbocycles. The third-order valence-electron chi connectivity index (χ3n) is 6.31. The van der Waals surface area contributed by atoms with Crippen molar-refractivity contribution in [2.75, 3.05) is 38.2 Å². The summed E-state index contributed by atoms with van der Waals surface area (Å²) in [6, 6.07) is 1.49. The van der Waals surface area contributed by atoms with Crippen LogP contribution in [0.15, 0.2) is 66.4 Å². The second-order valence-electron chi connectivity index (χ2n) is 8.53. The number of anilines is 1. The minimum atomic E-state index is -0.844. The fourth-order valence-electron chi connectivity index (χ4n) is 4.51.